The summed E-state index contributed by atoms with van der Waals surface area (Å²) in [4.78, 5) is 14.7. The fourth-order valence-corrected chi connectivity index (χ4v) is 3.30. The zero-order valence-corrected chi connectivity index (χ0v) is 11.5. The number of Topliss-reactive ketones (excluding diaryl/α,β-unsaturated/α-hetero) is 1. The van der Waals surface area contributed by atoms with Crippen molar-refractivity contribution in [3.05, 3.63) is 35.4 Å². The molecule has 1 saturated carbocycles. The number of ketones is 1. The van der Waals surface area contributed by atoms with E-state index in [1.807, 2.05) is 31.2 Å². The van der Waals surface area contributed by atoms with Crippen LogP contribution in [0, 0.1) is 6.92 Å². The molecule has 3 nitrogen and oxygen atoms in total. The van der Waals surface area contributed by atoms with E-state index in [0.29, 0.717) is 18.7 Å². The highest BCUT2D eigenvalue weighted by Gasteiger charge is 2.36. The van der Waals surface area contributed by atoms with E-state index in [9.17, 15) is 4.79 Å². The molecule has 2 aliphatic rings. The second-order valence-corrected chi connectivity index (χ2v) is 5.67. The van der Waals surface area contributed by atoms with Gasteiger partial charge >= 0.3 is 0 Å². The van der Waals surface area contributed by atoms with E-state index < -0.39 is 0 Å². The molecule has 2 unspecified atom stereocenters. The number of rotatable bonds is 3. The van der Waals surface area contributed by atoms with Gasteiger partial charge in [0.25, 0.3) is 0 Å². The van der Waals surface area contributed by atoms with Gasteiger partial charge in [-0.05, 0) is 32.3 Å². The van der Waals surface area contributed by atoms with E-state index in [0.717, 1.165) is 30.7 Å². The molecule has 0 radical (unpaired) electrons. The van der Waals surface area contributed by atoms with Gasteiger partial charge in [-0.1, -0.05) is 23.8 Å². The molecule has 2 atom stereocenters. The van der Waals surface area contributed by atoms with Gasteiger partial charge in [0.2, 0.25) is 0 Å². The number of carbonyl (C=O) groups is 1. The van der Waals surface area contributed by atoms with Crippen molar-refractivity contribution in [1.82, 2.24) is 4.90 Å². The number of aryl methyl sites for hydroxylation is 1. The van der Waals surface area contributed by atoms with Crippen LogP contribution in [0.2, 0.25) is 0 Å². The Hall–Kier alpha value is -1.19. The van der Waals surface area contributed by atoms with Crippen LogP contribution < -0.4 is 0 Å². The lowest BCUT2D eigenvalue weighted by Crippen LogP contribution is -2.50. The van der Waals surface area contributed by atoms with E-state index >= 15 is 0 Å². The molecule has 0 N–H and O–H groups in total. The molecule has 19 heavy (non-hydrogen) atoms. The summed E-state index contributed by atoms with van der Waals surface area (Å²) in [6, 6.07) is 8.35. The van der Waals surface area contributed by atoms with Gasteiger partial charge in [-0.2, -0.15) is 0 Å². The van der Waals surface area contributed by atoms with Crippen LogP contribution in [0.3, 0.4) is 0 Å². The Bertz CT molecular complexity index is 472. The Balaban J connectivity index is 1.69. The summed E-state index contributed by atoms with van der Waals surface area (Å²) in [6.45, 7) is 4.22. The second-order valence-electron chi connectivity index (χ2n) is 5.67. The molecule has 1 aromatic carbocycles. The summed E-state index contributed by atoms with van der Waals surface area (Å²) < 4.78 is 5.79. The van der Waals surface area contributed by atoms with Gasteiger partial charge in [0.15, 0.2) is 5.78 Å². The van der Waals surface area contributed by atoms with Gasteiger partial charge in [0, 0.05) is 18.2 Å². The standard InChI is InChI=1S/C16H21NO2/c1-12-4-2-5-13(10-12)15(18)11-17-8-9-19-16-7-3-6-14(16)17/h2,4-5,10,14,16H,3,6-9,11H2,1H3. The summed E-state index contributed by atoms with van der Waals surface area (Å²) >= 11 is 0. The molecule has 2 fully saturated rings. The minimum atomic E-state index is 0.233. The summed E-state index contributed by atoms with van der Waals surface area (Å²) in [5.41, 5.74) is 1.98. The van der Waals surface area contributed by atoms with Crippen LogP contribution in [0.25, 0.3) is 0 Å². The van der Waals surface area contributed by atoms with Crippen LogP contribution in [-0.4, -0.2) is 42.5 Å². The molecular formula is C16H21NO2. The molecule has 0 spiro atoms. The fraction of sp³-hybridized carbons (Fsp3) is 0.562. The molecule has 1 heterocycles. The fourth-order valence-electron chi connectivity index (χ4n) is 3.30. The third kappa shape index (κ3) is 2.72. The number of fused-ring (bicyclic) bond motifs is 1. The number of carbonyl (C=O) groups excluding carboxylic acids is 1. The van der Waals surface area contributed by atoms with Crippen LogP contribution in [0.5, 0.6) is 0 Å². The van der Waals surface area contributed by atoms with E-state index in [-0.39, 0.29) is 5.78 Å². The molecular weight excluding hydrogens is 238 g/mol. The Labute approximate surface area is 114 Å². The first kappa shape index (κ1) is 12.8. The smallest absolute Gasteiger partial charge is 0.176 e. The lowest BCUT2D eigenvalue weighted by molar-refractivity contribution is -0.0522. The zero-order chi connectivity index (χ0) is 13.2. The number of morpholine rings is 1. The predicted molar refractivity (Wildman–Crippen MR) is 74.5 cm³/mol. The van der Waals surface area contributed by atoms with Crippen LogP contribution in [-0.2, 0) is 4.74 Å². The van der Waals surface area contributed by atoms with Crippen LogP contribution in [0.15, 0.2) is 24.3 Å². The lowest BCUT2D eigenvalue weighted by Gasteiger charge is -2.37. The SMILES string of the molecule is Cc1cccc(C(=O)CN2CCOC3CCCC32)c1. The normalized spacial score (nSPS) is 27.2. The molecule has 1 aromatic rings. The summed E-state index contributed by atoms with van der Waals surface area (Å²) in [7, 11) is 0. The van der Waals surface area contributed by atoms with Gasteiger partial charge in [-0.3, -0.25) is 9.69 Å². The highest BCUT2D eigenvalue weighted by atomic mass is 16.5. The Morgan fingerprint density at radius 3 is 3.16 bits per heavy atom. The quantitative estimate of drug-likeness (QED) is 0.781. The Morgan fingerprint density at radius 2 is 2.32 bits per heavy atom. The number of benzene rings is 1. The van der Waals surface area contributed by atoms with Crippen molar-refractivity contribution in [1.29, 1.82) is 0 Å². The first-order chi connectivity index (χ1) is 9.24. The van der Waals surface area contributed by atoms with Gasteiger partial charge in [-0.25, -0.2) is 0 Å². The molecule has 1 aliphatic carbocycles. The van der Waals surface area contributed by atoms with Gasteiger partial charge < -0.3 is 4.74 Å². The summed E-state index contributed by atoms with van der Waals surface area (Å²) in [5, 5.41) is 0. The molecule has 0 bridgehead atoms. The minimum absolute atomic E-state index is 0.233. The van der Waals surface area contributed by atoms with Crippen molar-refractivity contribution >= 4 is 5.78 Å². The highest BCUT2D eigenvalue weighted by Crippen LogP contribution is 2.29. The van der Waals surface area contributed by atoms with E-state index in [1.54, 1.807) is 0 Å². The minimum Gasteiger partial charge on any atom is -0.375 e. The van der Waals surface area contributed by atoms with E-state index in [4.69, 9.17) is 4.74 Å². The van der Waals surface area contributed by atoms with Crippen molar-refractivity contribution in [3.8, 4) is 0 Å². The van der Waals surface area contributed by atoms with Crippen LogP contribution >= 0.6 is 0 Å². The Morgan fingerprint density at radius 1 is 1.42 bits per heavy atom. The van der Waals surface area contributed by atoms with Gasteiger partial charge in [0.05, 0.1) is 19.3 Å². The average molecular weight is 259 g/mol. The molecule has 1 saturated heterocycles. The maximum atomic E-state index is 12.4. The molecule has 0 aromatic heterocycles. The Kier molecular flexibility index (Phi) is 3.67. The average Bonchev–Trinajstić information content (AvgIpc) is 2.88. The number of ether oxygens (including phenoxy) is 1. The maximum absolute atomic E-state index is 12.4. The predicted octanol–water partition coefficient (Wildman–Crippen LogP) is 2.43. The van der Waals surface area contributed by atoms with E-state index in [2.05, 4.69) is 4.90 Å². The van der Waals surface area contributed by atoms with Crippen LogP contribution in [0.1, 0.15) is 35.2 Å². The lowest BCUT2D eigenvalue weighted by atomic mass is 10.1. The molecule has 0 amide bonds. The summed E-state index contributed by atoms with van der Waals surface area (Å²) in [6.07, 6.45) is 3.91. The largest absolute Gasteiger partial charge is 0.375 e. The molecule has 1 aliphatic heterocycles. The third-order valence-corrected chi connectivity index (χ3v) is 4.28. The maximum Gasteiger partial charge on any atom is 0.176 e. The van der Waals surface area contributed by atoms with Crippen molar-refractivity contribution < 1.29 is 9.53 Å². The first-order valence-corrected chi connectivity index (χ1v) is 7.19. The summed E-state index contributed by atoms with van der Waals surface area (Å²) in [5.74, 6) is 0.233. The second kappa shape index (κ2) is 5.43. The van der Waals surface area contributed by atoms with Crippen LogP contribution in [0.4, 0.5) is 0 Å². The monoisotopic (exact) mass is 259 g/mol. The third-order valence-electron chi connectivity index (χ3n) is 4.28. The van der Waals surface area contributed by atoms with Crippen molar-refractivity contribution in [2.24, 2.45) is 0 Å². The molecule has 102 valence electrons. The van der Waals surface area contributed by atoms with Gasteiger partial charge in [-0.15, -0.1) is 0 Å². The number of hydrogen-bond acceptors (Lipinski definition) is 3. The van der Waals surface area contributed by atoms with E-state index in [1.165, 1.54) is 12.8 Å². The first-order valence-electron chi connectivity index (χ1n) is 7.19. The molecule has 3 heteroatoms. The van der Waals surface area contributed by atoms with Crippen molar-refractivity contribution in [2.45, 2.75) is 38.3 Å². The number of nitrogens with zero attached hydrogens (tertiary/aromatic N) is 1. The highest BCUT2D eigenvalue weighted by molar-refractivity contribution is 5.97. The number of hydrogen-bond donors (Lipinski definition) is 0. The zero-order valence-electron chi connectivity index (χ0n) is 11.5. The van der Waals surface area contributed by atoms with Crippen molar-refractivity contribution in [2.75, 3.05) is 19.7 Å². The van der Waals surface area contributed by atoms with Crippen molar-refractivity contribution in [3.63, 3.8) is 0 Å². The topological polar surface area (TPSA) is 29.5 Å². The van der Waals surface area contributed by atoms with Gasteiger partial charge in [0.1, 0.15) is 0 Å². The molecule has 3 rings (SSSR count).